The van der Waals surface area contributed by atoms with Crippen LogP contribution in [0.1, 0.15) is 25.1 Å². The molecular formula is C20H17BrN2O2. The zero-order valence-electron chi connectivity index (χ0n) is 13.7. The molecule has 0 aliphatic heterocycles. The number of aliphatic hydroxyl groups excluding tert-OH is 1. The lowest BCUT2D eigenvalue weighted by Crippen LogP contribution is -2.26. The quantitative estimate of drug-likeness (QED) is 0.710. The van der Waals surface area contributed by atoms with Crippen LogP contribution >= 0.6 is 15.9 Å². The number of pyridine rings is 1. The zero-order valence-corrected chi connectivity index (χ0v) is 15.3. The number of hydrogen-bond donors (Lipinski definition) is 1. The van der Waals surface area contributed by atoms with Crippen LogP contribution in [0, 0.1) is 11.3 Å². The van der Waals surface area contributed by atoms with E-state index in [1.807, 2.05) is 55.5 Å². The van der Waals surface area contributed by atoms with E-state index in [-0.39, 0.29) is 12.1 Å². The molecule has 3 aromatic rings. The summed E-state index contributed by atoms with van der Waals surface area (Å²) in [4.78, 5) is 12.9. The summed E-state index contributed by atoms with van der Waals surface area (Å²) >= 11 is 3.47. The molecule has 3 rings (SSSR count). The molecule has 0 aliphatic carbocycles. The highest BCUT2D eigenvalue weighted by Crippen LogP contribution is 2.36. The van der Waals surface area contributed by atoms with Gasteiger partial charge in [0, 0.05) is 15.4 Å². The molecule has 4 nitrogen and oxygen atoms in total. The van der Waals surface area contributed by atoms with Crippen molar-refractivity contribution in [2.75, 3.05) is 0 Å². The minimum Gasteiger partial charge on any atom is -0.387 e. The lowest BCUT2D eigenvalue weighted by Gasteiger charge is -2.22. The standard InChI is InChI=1S/C20H17BrN2O2/c1-2-17(24)19-18(13-6-4-3-5-7-13)16-12-14(21)8-9-15(16)20(25)23(19)11-10-22/h3-9,12,17,24H,2,11H2,1H3. The van der Waals surface area contributed by atoms with Gasteiger partial charge < -0.3 is 5.11 Å². The van der Waals surface area contributed by atoms with E-state index >= 15 is 0 Å². The second kappa shape index (κ2) is 7.22. The van der Waals surface area contributed by atoms with Crippen molar-refractivity contribution in [3.63, 3.8) is 0 Å². The lowest BCUT2D eigenvalue weighted by molar-refractivity contribution is 0.164. The van der Waals surface area contributed by atoms with E-state index in [0.29, 0.717) is 17.5 Å². The Morgan fingerprint density at radius 1 is 1.20 bits per heavy atom. The van der Waals surface area contributed by atoms with Crippen LogP contribution in [0.2, 0.25) is 0 Å². The molecule has 1 N–H and O–H groups in total. The van der Waals surface area contributed by atoms with Gasteiger partial charge in [0.15, 0.2) is 0 Å². The SMILES string of the molecule is CCC(O)c1c(-c2ccccc2)c2cc(Br)ccc2c(=O)n1CC#N. The fourth-order valence-electron chi connectivity index (χ4n) is 3.11. The highest BCUT2D eigenvalue weighted by Gasteiger charge is 2.22. The van der Waals surface area contributed by atoms with Crippen LogP contribution in [0.5, 0.6) is 0 Å². The number of aromatic nitrogens is 1. The third kappa shape index (κ3) is 3.11. The maximum Gasteiger partial charge on any atom is 0.259 e. The van der Waals surface area contributed by atoms with Gasteiger partial charge in [0.2, 0.25) is 0 Å². The van der Waals surface area contributed by atoms with E-state index < -0.39 is 6.10 Å². The lowest BCUT2D eigenvalue weighted by atomic mass is 9.94. The number of rotatable bonds is 4. The summed E-state index contributed by atoms with van der Waals surface area (Å²) in [5.41, 5.74) is 1.93. The molecule has 1 unspecified atom stereocenters. The minimum atomic E-state index is -0.834. The van der Waals surface area contributed by atoms with Crippen molar-refractivity contribution in [3.05, 3.63) is 69.1 Å². The Balaban J connectivity index is 2.56. The van der Waals surface area contributed by atoms with Gasteiger partial charge in [0.25, 0.3) is 5.56 Å². The molecule has 0 aliphatic rings. The van der Waals surface area contributed by atoms with E-state index in [0.717, 1.165) is 21.0 Å². The number of aliphatic hydroxyl groups is 1. The number of nitrogens with zero attached hydrogens (tertiary/aromatic N) is 2. The number of nitriles is 1. The molecule has 0 spiro atoms. The molecule has 1 heterocycles. The molecule has 2 aromatic carbocycles. The van der Waals surface area contributed by atoms with Crippen LogP contribution in [0.15, 0.2) is 57.8 Å². The Kier molecular flexibility index (Phi) is 5.03. The molecule has 1 aromatic heterocycles. The van der Waals surface area contributed by atoms with Gasteiger partial charge in [-0.15, -0.1) is 0 Å². The highest BCUT2D eigenvalue weighted by atomic mass is 79.9. The predicted octanol–water partition coefficient (Wildman–Crippen LogP) is 4.40. The third-order valence-electron chi connectivity index (χ3n) is 4.27. The van der Waals surface area contributed by atoms with Gasteiger partial charge in [-0.2, -0.15) is 5.26 Å². The topological polar surface area (TPSA) is 66.0 Å². The van der Waals surface area contributed by atoms with Crippen molar-refractivity contribution in [2.24, 2.45) is 0 Å². The van der Waals surface area contributed by atoms with Crippen LogP contribution < -0.4 is 5.56 Å². The van der Waals surface area contributed by atoms with Gasteiger partial charge in [-0.05, 0) is 35.6 Å². The molecular weight excluding hydrogens is 380 g/mol. The van der Waals surface area contributed by atoms with Crippen LogP contribution in [0.25, 0.3) is 21.9 Å². The summed E-state index contributed by atoms with van der Waals surface area (Å²) in [6.45, 7) is 1.75. The molecule has 126 valence electrons. The Morgan fingerprint density at radius 2 is 1.92 bits per heavy atom. The summed E-state index contributed by atoms with van der Waals surface area (Å²) in [6.07, 6.45) is -0.385. The molecule has 5 heteroatoms. The summed E-state index contributed by atoms with van der Waals surface area (Å²) in [6, 6.07) is 17.1. The number of benzene rings is 2. The first kappa shape index (κ1) is 17.4. The van der Waals surface area contributed by atoms with Crippen LogP contribution in [-0.2, 0) is 6.54 Å². The molecule has 0 radical (unpaired) electrons. The van der Waals surface area contributed by atoms with E-state index in [1.165, 1.54) is 4.57 Å². The normalized spacial score (nSPS) is 12.1. The van der Waals surface area contributed by atoms with Crippen molar-refractivity contribution < 1.29 is 5.11 Å². The Hall–Kier alpha value is -2.42. The Morgan fingerprint density at radius 3 is 2.56 bits per heavy atom. The summed E-state index contributed by atoms with van der Waals surface area (Å²) in [5.74, 6) is 0. The molecule has 25 heavy (non-hydrogen) atoms. The first-order valence-electron chi connectivity index (χ1n) is 8.04. The van der Waals surface area contributed by atoms with Gasteiger partial charge in [-0.3, -0.25) is 9.36 Å². The molecule has 0 saturated heterocycles. The smallest absolute Gasteiger partial charge is 0.259 e. The molecule has 0 bridgehead atoms. The monoisotopic (exact) mass is 396 g/mol. The van der Waals surface area contributed by atoms with Gasteiger partial charge in [-0.1, -0.05) is 53.2 Å². The molecule has 0 amide bonds. The second-order valence-corrected chi connectivity index (χ2v) is 6.71. The average Bonchev–Trinajstić information content (AvgIpc) is 2.63. The number of hydrogen-bond acceptors (Lipinski definition) is 3. The summed E-state index contributed by atoms with van der Waals surface area (Å²) in [7, 11) is 0. The van der Waals surface area contributed by atoms with E-state index in [4.69, 9.17) is 0 Å². The van der Waals surface area contributed by atoms with E-state index in [9.17, 15) is 15.2 Å². The fourth-order valence-corrected chi connectivity index (χ4v) is 3.47. The zero-order chi connectivity index (χ0) is 18.0. The Bertz CT molecular complexity index is 1020. The Labute approximate surface area is 154 Å². The maximum atomic E-state index is 12.9. The van der Waals surface area contributed by atoms with Gasteiger partial charge in [-0.25, -0.2) is 0 Å². The fraction of sp³-hybridized carbons (Fsp3) is 0.200. The van der Waals surface area contributed by atoms with Crippen molar-refractivity contribution >= 4 is 26.7 Å². The summed E-state index contributed by atoms with van der Waals surface area (Å²) in [5, 5.41) is 21.2. The van der Waals surface area contributed by atoms with Gasteiger partial charge >= 0.3 is 0 Å². The average molecular weight is 397 g/mol. The van der Waals surface area contributed by atoms with Crippen molar-refractivity contribution in [2.45, 2.75) is 26.0 Å². The summed E-state index contributed by atoms with van der Waals surface area (Å²) < 4.78 is 2.25. The van der Waals surface area contributed by atoms with Crippen LogP contribution in [0.3, 0.4) is 0 Å². The number of fused-ring (bicyclic) bond motifs is 1. The van der Waals surface area contributed by atoms with Crippen LogP contribution in [0.4, 0.5) is 0 Å². The van der Waals surface area contributed by atoms with Crippen LogP contribution in [-0.4, -0.2) is 9.67 Å². The molecule has 1 atom stereocenters. The van der Waals surface area contributed by atoms with Crippen molar-refractivity contribution in [1.82, 2.24) is 4.57 Å². The third-order valence-corrected chi connectivity index (χ3v) is 4.76. The highest BCUT2D eigenvalue weighted by molar-refractivity contribution is 9.10. The second-order valence-electron chi connectivity index (χ2n) is 5.79. The molecule has 0 saturated carbocycles. The largest absolute Gasteiger partial charge is 0.387 e. The van der Waals surface area contributed by atoms with Crippen molar-refractivity contribution in [1.29, 1.82) is 5.26 Å². The van der Waals surface area contributed by atoms with E-state index in [2.05, 4.69) is 15.9 Å². The minimum absolute atomic E-state index is 0.100. The van der Waals surface area contributed by atoms with E-state index in [1.54, 1.807) is 6.07 Å². The maximum absolute atomic E-state index is 12.9. The van der Waals surface area contributed by atoms with Crippen molar-refractivity contribution in [3.8, 4) is 17.2 Å². The predicted molar refractivity (Wildman–Crippen MR) is 102 cm³/mol. The number of halogens is 1. The van der Waals surface area contributed by atoms with Gasteiger partial charge in [0.1, 0.15) is 6.54 Å². The first-order valence-corrected chi connectivity index (χ1v) is 8.84. The first-order chi connectivity index (χ1) is 12.1. The van der Waals surface area contributed by atoms with Gasteiger partial charge in [0.05, 0.1) is 17.9 Å². The molecule has 0 fully saturated rings.